The average Bonchev–Trinajstić information content (AvgIpc) is 2.29. The van der Waals surface area contributed by atoms with Crippen LogP contribution in [-0.2, 0) is 4.79 Å². The monoisotopic (exact) mass is 287 g/mol. The third-order valence-corrected chi connectivity index (χ3v) is 2.44. The number of carbonyl (C=O) groups is 1. The van der Waals surface area contributed by atoms with Gasteiger partial charge in [0.2, 0.25) is 5.91 Å². The molecule has 5 heteroatoms. The maximum absolute atomic E-state index is 11.5. The molecule has 1 aromatic carbocycles. The molecule has 1 rings (SSSR count). The number of hydrogen-bond donors (Lipinski definition) is 1. The molecule has 0 fully saturated rings. The van der Waals surface area contributed by atoms with Crippen molar-refractivity contribution in [1.29, 1.82) is 0 Å². The highest BCUT2D eigenvalue weighted by Crippen LogP contribution is 2.29. The number of alkyl halides is 1. The smallest absolute Gasteiger partial charge is 0.237 e. The first-order valence-corrected chi connectivity index (χ1v) is 5.67. The van der Waals surface area contributed by atoms with Crippen LogP contribution in [0.15, 0.2) is 18.2 Å². The van der Waals surface area contributed by atoms with Gasteiger partial charge in [0, 0.05) is 6.07 Å². The SMILES string of the molecule is COc1ccc(NC(=O)C(C)Br)c(OC)c1. The van der Waals surface area contributed by atoms with Crippen molar-refractivity contribution in [3.63, 3.8) is 0 Å². The minimum Gasteiger partial charge on any atom is -0.497 e. The molecule has 0 bridgehead atoms. The summed E-state index contributed by atoms with van der Waals surface area (Å²) in [7, 11) is 3.12. The third kappa shape index (κ3) is 3.13. The van der Waals surface area contributed by atoms with E-state index in [9.17, 15) is 4.79 Å². The summed E-state index contributed by atoms with van der Waals surface area (Å²) in [6.07, 6.45) is 0. The molecule has 0 spiro atoms. The Hall–Kier alpha value is -1.23. The maximum Gasteiger partial charge on any atom is 0.237 e. The molecule has 0 radical (unpaired) electrons. The van der Waals surface area contributed by atoms with Crippen molar-refractivity contribution in [2.75, 3.05) is 19.5 Å². The van der Waals surface area contributed by atoms with E-state index in [0.717, 1.165) is 0 Å². The Morgan fingerprint density at radius 3 is 2.56 bits per heavy atom. The Labute approximate surface area is 103 Å². The number of carbonyl (C=O) groups excluding carboxylic acids is 1. The van der Waals surface area contributed by atoms with E-state index >= 15 is 0 Å². The van der Waals surface area contributed by atoms with Crippen LogP contribution in [0.5, 0.6) is 11.5 Å². The molecule has 0 heterocycles. The largest absolute Gasteiger partial charge is 0.497 e. The molecule has 1 N–H and O–H groups in total. The Balaban J connectivity index is 2.91. The van der Waals surface area contributed by atoms with Crippen LogP contribution in [0.1, 0.15) is 6.92 Å². The van der Waals surface area contributed by atoms with E-state index in [0.29, 0.717) is 17.2 Å². The lowest BCUT2D eigenvalue weighted by atomic mass is 10.2. The fourth-order valence-corrected chi connectivity index (χ4v) is 1.25. The number of ether oxygens (including phenoxy) is 2. The van der Waals surface area contributed by atoms with Gasteiger partial charge in [0.15, 0.2) is 0 Å². The summed E-state index contributed by atoms with van der Waals surface area (Å²) in [6.45, 7) is 1.76. The van der Waals surface area contributed by atoms with Gasteiger partial charge < -0.3 is 14.8 Å². The summed E-state index contributed by atoms with van der Waals surface area (Å²) >= 11 is 3.19. The first-order valence-electron chi connectivity index (χ1n) is 4.75. The van der Waals surface area contributed by atoms with Crippen molar-refractivity contribution in [2.45, 2.75) is 11.8 Å². The van der Waals surface area contributed by atoms with Crippen LogP contribution in [0, 0.1) is 0 Å². The number of amides is 1. The highest BCUT2D eigenvalue weighted by atomic mass is 79.9. The van der Waals surface area contributed by atoms with E-state index in [-0.39, 0.29) is 10.7 Å². The van der Waals surface area contributed by atoms with Crippen molar-refractivity contribution in [3.05, 3.63) is 18.2 Å². The molecule has 16 heavy (non-hydrogen) atoms. The van der Waals surface area contributed by atoms with Crippen molar-refractivity contribution in [1.82, 2.24) is 0 Å². The van der Waals surface area contributed by atoms with Crippen molar-refractivity contribution >= 4 is 27.5 Å². The molecular weight excluding hydrogens is 274 g/mol. The fourth-order valence-electron chi connectivity index (χ4n) is 1.13. The van der Waals surface area contributed by atoms with Crippen LogP contribution in [0.2, 0.25) is 0 Å². The summed E-state index contributed by atoms with van der Waals surface area (Å²) in [5, 5.41) is 2.75. The summed E-state index contributed by atoms with van der Waals surface area (Å²) in [5.41, 5.74) is 0.625. The maximum atomic E-state index is 11.5. The highest BCUT2D eigenvalue weighted by molar-refractivity contribution is 9.10. The van der Waals surface area contributed by atoms with Gasteiger partial charge in [-0.3, -0.25) is 4.79 Å². The summed E-state index contributed by atoms with van der Waals surface area (Å²) in [5.74, 6) is 1.13. The standard InChI is InChI=1S/C11H14BrNO3/c1-7(12)11(14)13-9-5-4-8(15-2)6-10(9)16-3/h4-7H,1-3H3,(H,13,14). The molecular formula is C11H14BrNO3. The normalized spacial score (nSPS) is 11.8. The Morgan fingerprint density at radius 2 is 2.06 bits per heavy atom. The van der Waals surface area contributed by atoms with Crippen LogP contribution in [0.4, 0.5) is 5.69 Å². The summed E-state index contributed by atoms with van der Waals surface area (Å²) in [4.78, 5) is 11.2. The lowest BCUT2D eigenvalue weighted by Crippen LogP contribution is -2.20. The fraction of sp³-hybridized carbons (Fsp3) is 0.364. The first-order chi connectivity index (χ1) is 7.58. The van der Waals surface area contributed by atoms with Gasteiger partial charge in [-0.05, 0) is 19.1 Å². The Bertz CT molecular complexity index is 379. The predicted molar refractivity (Wildman–Crippen MR) is 66.6 cm³/mol. The second-order valence-electron chi connectivity index (χ2n) is 3.17. The highest BCUT2D eigenvalue weighted by Gasteiger charge is 2.12. The number of benzene rings is 1. The van der Waals surface area contributed by atoms with Crippen LogP contribution in [0.3, 0.4) is 0 Å². The minimum absolute atomic E-state index is 0.122. The number of anilines is 1. The third-order valence-electron chi connectivity index (χ3n) is 2.03. The van der Waals surface area contributed by atoms with Gasteiger partial charge in [0.25, 0.3) is 0 Å². The van der Waals surface area contributed by atoms with Crippen molar-refractivity contribution in [2.24, 2.45) is 0 Å². The number of hydrogen-bond acceptors (Lipinski definition) is 3. The molecule has 0 aliphatic carbocycles. The van der Waals surface area contributed by atoms with Gasteiger partial charge in [0.05, 0.1) is 24.7 Å². The lowest BCUT2D eigenvalue weighted by molar-refractivity contribution is -0.115. The summed E-state index contributed by atoms with van der Waals surface area (Å²) < 4.78 is 10.2. The molecule has 0 aliphatic rings. The Kier molecular flexibility index (Phi) is 4.61. The number of methoxy groups -OCH3 is 2. The van der Waals surface area contributed by atoms with E-state index in [2.05, 4.69) is 21.2 Å². The minimum atomic E-state index is -0.251. The van der Waals surface area contributed by atoms with Gasteiger partial charge in [-0.2, -0.15) is 0 Å². The second-order valence-corrected chi connectivity index (χ2v) is 4.54. The van der Waals surface area contributed by atoms with Gasteiger partial charge in [0.1, 0.15) is 11.5 Å². The molecule has 1 amide bonds. The lowest BCUT2D eigenvalue weighted by Gasteiger charge is -2.12. The second kappa shape index (κ2) is 5.75. The average molecular weight is 288 g/mol. The molecule has 88 valence electrons. The zero-order chi connectivity index (χ0) is 12.1. The molecule has 0 saturated carbocycles. The topological polar surface area (TPSA) is 47.6 Å². The van der Waals surface area contributed by atoms with Crippen molar-refractivity contribution < 1.29 is 14.3 Å². The quantitative estimate of drug-likeness (QED) is 0.866. The molecule has 0 aliphatic heterocycles. The van der Waals surface area contributed by atoms with E-state index in [1.165, 1.54) is 0 Å². The zero-order valence-electron chi connectivity index (χ0n) is 9.41. The zero-order valence-corrected chi connectivity index (χ0v) is 11.0. The predicted octanol–water partition coefficient (Wildman–Crippen LogP) is 2.43. The van der Waals surface area contributed by atoms with E-state index in [1.54, 1.807) is 39.3 Å². The van der Waals surface area contributed by atoms with Crippen LogP contribution in [0.25, 0.3) is 0 Å². The molecule has 0 saturated heterocycles. The molecule has 1 unspecified atom stereocenters. The molecule has 0 aromatic heterocycles. The number of rotatable bonds is 4. The Morgan fingerprint density at radius 1 is 1.38 bits per heavy atom. The van der Waals surface area contributed by atoms with Gasteiger partial charge in [-0.25, -0.2) is 0 Å². The van der Waals surface area contributed by atoms with E-state index < -0.39 is 0 Å². The number of halogens is 1. The van der Waals surface area contributed by atoms with E-state index in [1.807, 2.05) is 0 Å². The van der Waals surface area contributed by atoms with Crippen LogP contribution >= 0.6 is 15.9 Å². The van der Waals surface area contributed by atoms with Crippen LogP contribution in [-0.4, -0.2) is 25.0 Å². The van der Waals surface area contributed by atoms with Gasteiger partial charge >= 0.3 is 0 Å². The van der Waals surface area contributed by atoms with Crippen LogP contribution < -0.4 is 14.8 Å². The van der Waals surface area contributed by atoms with Gasteiger partial charge in [-0.15, -0.1) is 0 Å². The van der Waals surface area contributed by atoms with Gasteiger partial charge in [-0.1, -0.05) is 15.9 Å². The van der Waals surface area contributed by atoms with Crippen molar-refractivity contribution in [3.8, 4) is 11.5 Å². The van der Waals surface area contributed by atoms with E-state index in [4.69, 9.17) is 9.47 Å². The molecule has 1 atom stereocenters. The molecule has 1 aromatic rings. The summed E-state index contributed by atoms with van der Waals surface area (Å²) in [6, 6.07) is 5.22. The first kappa shape index (κ1) is 12.8. The molecule has 4 nitrogen and oxygen atoms in total. The number of nitrogens with one attached hydrogen (secondary N) is 1.